The van der Waals surface area contributed by atoms with E-state index in [1.54, 1.807) is 7.11 Å². The van der Waals surface area contributed by atoms with Gasteiger partial charge in [0.2, 0.25) is 0 Å². The highest BCUT2D eigenvalue weighted by molar-refractivity contribution is 5.17. The zero-order chi connectivity index (χ0) is 18.2. The average molecular weight is 354 g/mol. The Morgan fingerprint density at radius 2 is 2.00 bits per heavy atom. The van der Waals surface area contributed by atoms with Gasteiger partial charge in [0.25, 0.3) is 0 Å². The van der Waals surface area contributed by atoms with Gasteiger partial charge in [-0.3, -0.25) is 0 Å². The molecule has 0 aromatic rings. The number of hydrogen-bond donors (Lipinski definition) is 2. The molecule has 5 heteroatoms. The number of rotatable bonds is 6. The first-order valence-electron chi connectivity index (χ1n) is 9.77. The second-order valence-corrected chi connectivity index (χ2v) is 8.68. The van der Waals surface area contributed by atoms with E-state index in [-0.39, 0.29) is 18.1 Å². The largest absolute Gasteiger partial charge is 0.390 e. The quantitative estimate of drug-likeness (QED) is 0.566. The number of β-amino-alcohol motifs (C(OH)–C–C–N with tert-alkyl or cyclic N) is 1. The summed E-state index contributed by atoms with van der Waals surface area (Å²) in [7, 11) is 1.64. The molecule has 3 fully saturated rings. The maximum atomic E-state index is 11.7. The van der Waals surface area contributed by atoms with Gasteiger partial charge in [-0.05, 0) is 66.0 Å². The number of likely N-dealkylation sites (tertiary alicyclic amines) is 1. The average Bonchev–Trinajstić information content (AvgIpc) is 2.94. The van der Waals surface area contributed by atoms with Crippen LogP contribution < -0.4 is 0 Å². The SMILES string of the molecule is COC1C(O)CCC(O)(CN2CCCC2)C1C1(C)OC1CC=C(C)C. The summed E-state index contributed by atoms with van der Waals surface area (Å²) in [6.45, 7) is 9.01. The topological polar surface area (TPSA) is 65.5 Å². The van der Waals surface area contributed by atoms with E-state index in [1.165, 1.54) is 18.4 Å². The Morgan fingerprint density at radius 3 is 2.60 bits per heavy atom. The highest BCUT2D eigenvalue weighted by atomic mass is 16.6. The molecule has 2 saturated heterocycles. The van der Waals surface area contributed by atoms with Gasteiger partial charge in [0, 0.05) is 19.6 Å². The van der Waals surface area contributed by atoms with Gasteiger partial charge in [-0.1, -0.05) is 11.6 Å². The lowest BCUT2D eigenvalue weighted by molar-refractivity contribution is -0.184. The van der Waals surface area contributed by atoms with Gasteiger partial charge >= 0.3 is 0 Å². The summed E-state index contributed by atoms with van der Waals surface area (Å²) in [6, 6.07) is 0. The molecule has 5 nitrogen and oxygen atoms in total. The Bertz CT molecular complexity index is 500. The summed E-state index contributed by atoms with van der Waals surface area (Å²) < 4.78 is 11.8. The van der Waals surface area contributed by atoms with Gasteiger partial charge in [0.1, 0.15) is 5.60 Å². The van der Waals surface area contributed by atoms with E-state index in [9.17, 15) is 10.2 Å². The van der Waals surface area contributed by atoms with E-state index in [0.717, 1.165) is 19.5 Å². The van der Waals surface area contributed by atoms with Gasteiger partial charge in [0.05, 0.1) is 23.9 Å². The summed E-state index contributed by atoms with van der Waals surface area (Å²) in [6.07, 6.45) is 5.78. The van der Waals surface area contributed by atoms with Crippen molar-refractivity contribution in [2.45, 2.75) is 82.4 Å². The highest BCUT2D eigenvalue weighted by Gasteiger charge is 2.67. The van der Waals surface area contributed by atoms with E-state index in [0.29, 0.717) is 19.4 Å². The number of aliphatic hydroxyl groups excluding tert-OH is 1. The number of allylic oxidation sites excluding steroid dienone is 1. The Hall–Kier alpha value is -0.460. The van der Waals surface area contributed by atoms with Crippen LogP contribution in [-0.4, -0.2) is 71.4 Å². The molecule has 3 aliphatic rings. The third kappa shape index (κ3) is 3.81. The number of aliphatic hydroxyl groups is 2. The summed E-state index contributed by atoms with van der Waals surface area (Å²) in [5.41, 5.74) is -0.0431. The van der Waals surface area contributed by atoms with Crippen molar-refractivity contribution >= 4 is 0 Å². The lowest BCUT2D eigenvalue weighted by Gasteiger charge is -2.49. The highest BCUT2D eigenvalue weighted by Crippen LogP contribution is 2.54. The minimum atomic E-state index is -0.876. The molecular weight excluding hydrogens is 318 g/mol. The first-order chi connectivity index (χ1) is 11.8. The number of epoxide rings is 1. The molecule has 6 unspecified atom stereocenters. The molecule has 1 aliphatic carbocycles. The van der Waals surface area contributed by atoms with E-state index in [4.69, 9.17) is 9.47 Å². The zero-order valence-electron chi connectivity index (χ0n) is 16.2. The van der Waals surface area contributed by atoms with E-state index in [1.807, 2.05) is 0 Å². The van der Waals surface area contributed by atoms with Crippen LogP contribution in [0.15, 0.2) is 11.6 Å². The molecule has 0 amide bonds. The van der Waals surface area contributed by atoms with E-state index in [2.05, 4.69) is 31.7 Å². The van der Waals surface area contributed by atoms with Crippen LogP contribution in [0.5, 0.6) is 0 Å². The Balaban J connectivity index is 1.82. The fraction of sp³-hybridized carbons (Fsp3) is 0.900. The Labute approximate surface area is 152 Å². The predicted molar refractivity (Wildman–Crippen MR) is 97.5 cm³/mol. The van der Waals surface area contributed by atoms with E-state index >= 15 is 0 Å². The molecule has 2 heterocycles. The molecule has 3 rings (SSSR count). The number of hydrogen-bond acceptors (Lipinski definition) is 5. The summed E-state index contributed by atoms with van der Waals surface area (Å²) >= 11 is 0. The van der Waals surface area contributed by atoms with Crippen molar-refractivity contribution in [2.24, 2.45) is 5.92 Å². The number of nitrogens with zero attached hydrogens (tertiary/aromatic N) is 1. The van der Waals surface area contributed by atoms with Crippen LogP contribution in [-0.2, 0) is 9.47 Å². The van der Waals surface area contributed by atoms with Gasteiger partial charge in [0.15, 0.2) is 0 Å². The second kappa shape index (κ2) is 7.28. The molecule has 1 saturated carbocycles. The maximum Gasteiger partial charge on any atom is 0.100 e. The van der Waals surface area contributed by atoms with Crippen molar-refractivity contribution < 1.29 is 19.7 Å². The van der Waals surface area contributed by atoms with Crippen molar-refractivity contribution in [3.05, 3.63) is 11.6 Å². The molecule has 2 aliphatic heterocycles. The summed E-state index contributed by atoms with van der Waals surface area (Å²) in [5.74, 6) is -0.218. The van der Waals surface area contributed by atoms with Crippen LogP contribution in [0.2, 0.25) is 0 Å². The fourth-order valence-electron chi connectivity index (χ4n) is 5.07. The number of ether oxygens (including phenoxy) is 2. The monoisotopic (exact) mass is 353 g/mol. The Kier molecular flexibility index (Phi) is 5.62. The molecule has 144 valence electrons. The van der Waals surface area contributed by atoms with Gasteiger partial charge < -0.3 is 24.6 Å². The van der Waals surface area contributed by atoms with Crippen molar-refractivity contribution in [2.75, 3.05) is 26.7 Å². The van der Waals surface area contributed by atoms with Gasteiger partial charge in [-0.2, -0.15) is 0 Å². The zero-order valence-corrected chi connectivity index (χ0v) is 16.2. The molecule has 6 atom stereocenters. The van der Waals surface area contributed by atoms with Gasteiger partial charge in [-0.15, -0.1) is 0 Å². The molecule has 2 N–H and O–H groups in total. The first-order valence-corrected chi connectivity index (χ1v) is 9.77. The third-order valence-corrected chi connectivity index (χ3v) is 6.46. The smallest absolute Gasteiger partial charge is 0.100 e. The minimum Gasteiger partial charge on any atom is -0.390 e. The summed E-state index contributed by atoms with van der Waals surface area (Å²) in [4.78, 5) is 2.36. The molecule has 0 spiro atoms. The normalized spacial score (nSPS) is 44.7. The molecule has 0 radical (unpaired) electrons. The maximum absolute atomic E-state index is 11.7. The predicted octanol–water partition coefficient (Wildman–Crippen LogP) is 2.11. The lowest BCUT2D eigenvalue weighted by Crippen LogP contribution is -2.63. The molecule has 0 aromatic carbocycles. The standard InChI is InChI=1S/C20H35NO4/c1-14(2)7-8-16-19(3,25-16)18-17(24-4)15(22)9-10-20(18,23)13-21-11-5-6-12-21/h7,15-18,22-23H,5-6,8-13H2,1-4H3. The van der Waals surface area contributed by atoms with Crippen LogP contribution in [0.25, 0.3) is 0 Å². The first kappa shape index (κ1) is 19.3. The number of methoxy groups -OCH3 is 1. The van der Waals surface area contributed by atoms with E-state index < -0.39 is 17.3 Å². The van der Waals surface area contributed by atoms with Crippen molar-refractivity contribution in [3.8, 4) is 0 Å². The van der Waals surface area contributed by atoms with Crippen LogP contribution in [0.3, 0.4) is 0 Å². The molecule has 25 heavy (non-hydrogen) atoms. The lowest BCUT2D eigenvalue weighted by atomic mass is 9.65. The Morgan fingerprint density at radius 1 is 1.32 bits per heavy atom. The summed E-state index contributed by atoms with van der Waals surface area (Å²) in [5, 5.41) is 22.2. The van der Waals surface area contributed by atoms with Crippen molar-refractivity contribution in [1.82, 2.24) is 4.90 Å². The van der Waals surface area contributed by atoms with Crippen LogP contribution in [0.1, 0.15) is 52.9 Å². The van der Waals surface area contributed by atoms with Crippen molar-refractivity contribution in [3.63, 3.8) is 0 Å². The molecule has 0 aromatic heterocycles. The van der Waals surface area contributed by atoms with Crippen LogP contribution in [0, 0.1) is 5.92 Å². The molecule has 0 bridgehead atoms. The van der Waals surface area contributed by atoms with Crippen molar-refractivity contribution in [1.29, 1.82) is 0 Å². The van der Waals surface area contributed by atoms with Gasteiger partial charge in [-0.25, -0.2) is 0 Å². The minimum absolute atomic E-state index is 0.0838. The third-order valence-electron chi connectivity index (χ3n) is 6.46. The molecular formula is C20H35NO4. The fourth-order valence-corrected chi connectivity index (χ4v) is 5.07. The van der Waals surface area contributed by atoms with Crippen LogP contribution >= 0.6 is 0 Å². The second-order valence-electron chi connectivity index (χ2n) is 8.68. The van der Waals surface area contributed by atoms with Crippen LogP contribution in [0.4, 0.5) is 0 Å².